The summed E-state index contributed by atoms with van der Waals surface area (Å²) in [5, 5.41) is 8.33. The highest BCUT2D eigenvalue weighted by Gasteiger charge is 2.27. The van der Waals surface area contributed by atoms with Crippen molar-refractivity contribution < 1.29 is 14.0 Å². The molecule has 8 heteroatoms. The zero-order valence-corrected chi connectivity index (χ0v) is 18.1. The summed E-state index contributed by atoms with van der Waals surface area (Å²) < 4.78 is 13.3. The van der Waals surface area contributed by atoms with Crippen LogP contribution in [-0.2, 0) is 0 Å². The Morgan fingerprint density at radius 3 is 2.29 bits per heavy atom. The van der Waals surface area contributed by atoms with E-state index >= 15 is 0 Å². The van der Waals surface area contributed by atoms with Crippen molar-refractivity contribution in [1.82, 2.24) is 5.32 Å². The molecule has 4 rings (SSSR count). The van der Waals surface area contributed by atoms with E-state index in [0.717, 1.165) is 44.5 Å². The Hall–Kier alpha value is -2.80. The molecule has 2 aromatic carbocycles. The molecule has 0 unspecified atom stereocenters. The number of hydrogen-bond acceptors (Lipinski definition) is 3. The highest BCUT2D eigenvalue weighted by Crippen LogP contribution is 2.30. The maximum Gasteiger partial charge on any atom is 0.323 e. The Labute approximate surface area is 186 Å². The van der Waals surface area contributed by atoms with Crippen LogP contribution in [0.3, 0.4) is 0 Å². The number of hydrogen-bond donors (Lipinski definition) is 3. The second-order valence-electron chi connectivity index (χ2n) is 8.36. The van der Waals surface area contributed by atoms with Gasteiger partial charge in [-0.2, -0.15) is 0 Å². The van der Waals surface area contributed by atoms with Gasteiger partial charge < -0.3 is 20.9 Å². The van der Waals surface area contributed by atoms with Crippen LogP contribution in [0, 0.1) is 11.7 Å². The summed E-state index contributed by atoms with van der Waals surface area (Å²) in [6.45, 7) is 4.06. The molecule has 2 fully saturated rings. The molecule has 1 saturated heterocycles. The second-order valence-corrected chi connectivity index (χ2v) is 8.76. The lowest BCUT2D eigenvalue weighted by Crippen LogP contribution is -2.35. The summed E-state index contributed by atoms with van der Waals surface area (Å²) in [4.78, 5) is 27.5. The average molecular weight is 445 g/mol. The highest BCUT2D eigenvalue weighted by atomic mass is 35.5. The van der Waals surface area contributed by atoms with E-state index in [-0.39, 0.29) is 17.0 Å². The Morgan fingerprint density at radius 2 is 1.65 bits per heavy atom. The first-order valence-electron chi connectivity index (χ1n) is 10.6. The first kappa shape index (κ1) is 21.4. The number of urea groups is 1. The van der Waals surface area contributed by atoms with Crippen molar-refractivity contribution in [2.75, 3.05) is 28.6 Å². The lowest BCUT2D eigenvalue weighted by Gasteiger charge is -2.33. The number of nitrogens with zero attached hydrogens (tertiary/aromatic N) is 1. The molecule has 0 aromatic heterocycles. The molecular formula is C23H26ClFN4O2. The van der Waals surface area contributed by atoms with Crippen molar-refractivity contribution in [2.24, 2.45) is 5.92 Å². The third-order valence-electron chi connectivity index (χ3n) is 5.71. The minimum absolute atomic E-state index is 0.0722. The van der Waals surface area contributed by atoms with Gasteiger partial charge in [0.25, 0.3) is 5.91 Å². The molecule has 2 aliphatic rings. The molecule has 1 aliphatic carbocycles. The number of benzene rings is 2. The topological polar surface area (TPSA) is 73.5 Å². The van der Waals surface area contributed by atoms with Gasteiger partial charge in [-0.3, -0.25) is 4.79 Å². The molecule has 0 atom stereocenters. The molecule has 1 heterocycles. The smallest absolute Gasteiger partial charge is 0.323 e. The molecule has 0 radical (unpaired) electrons. The fourth-order valence-corrected chi connectivity index (χ4v) is 3.86. The van der Waals surface area contributed by atoms with E-state index in [4.69, 9.17) is 11.6 Å². The van der Waals surface area contributed by atoms with E-state index < -0.39 is 11.8 Å². The van der Waals surface area contributed by atoms with Crippen molar-refractivity contribution in [3.8, 4) is 0 Å². The van der Waals surface area contributed by atoms with Crippen molar-refractivity contribution in [3.63, 3.8) is 0 Å². The second kappa shape index (κ2) is 9.14. The van der Waals surface area contributed by atoms with Gasteiger partial charge in [-0.15, -0.1) is 0 Å². The number of piperidine rings is 1. The summed E-state index contributed by atoms with van der Waals surface area (Å²) in [5.74, 6) is 0.0109. The number of amides is 3. The van der Waals surface area contributed by atoms with Gasteiger partial charge >= 0.3 is 6.03 Å². The van der Waals surface area contributed by atoms with Crippen molar-refractivity contribution in [1.29, 1.82) is 0 Å². The van der Waals surface area contributed by atoms with Gasteiger partial charge in [-0.1, -0.05) is 18.5 Å². The van der Waals surface area contributed by atoms with Gasteiger partial charge in [0.1, 0.15) is 5.82 Å². The van der Waals surface area contributed by atoms with Crippen LogP contribution in [0.15, 0.2) is 36.4 Å². The molecule has 6 nitrogen and oxygen atoms in total. The van der Waals surface area contributed by atoms with Crippen LogP contribution >= 0.6 is 11.6 Å². The van der Waals surface area contributed by atoms with E-state index in [9.17, 15) is 14.0 Å². The van der Waals surface area contributed by atoms with Crippen LogP contribution in [0.5, 0.6) is 0 Å². The van der Waals surface area contributed by atoms with Crippen LogP contribution in [0.25, 0.3) is 0 Å². The molecule has 0 bridgehead atoms. The summed E-state index contributed by atoms with van der Waals surface area (Å²) in [7, 11) is 0. The minimum atomic E-state index is -0.554. The first-order valence-corrected chi connectivity index (χ1v) is 11.0. The van der Waals surface area contributed by atoms with Gasteiger partial charge in [0, 0.05) is 36.2 Å². The van der Waals surface area contributed by atoms with E-state index in [1.165, 1.54) is 18.2 Å². The molecular weight excluding hydrogens is 419 g/mol. The quantitative estimate of drug-likeness (QED) is 0.589. The van der Waals surface area contributed by atoms with Crippen LogP contribution in [0.4, 0.5) is 26.2 Å². The van der Waals surface area contributed by atoms with E-state index in [0.29, 0.717) is 22.9 Å². The fraction of sp³-hybridized carbons (Fsp3) is 0.391. The van der Waals surface area contributed by atoms with Crippen molar-refractivity contribution in [3.05, 3.63) is 52.8 Å². The third kappa shape index (κ3) is 5.47. The average Bonchev–Trinajstić information content (AvgIpc) is 3.55. The monoisotopic (exact) mass is 444 g/mol. The number of carbonyl (C=O) groups excluding carboxylic acids is 2. The van der Waals surface area contributed by atoms with Crippen LogP contribution in [0.1, 0.15) is 43.0 Å². The fourth-order valence-electron chi connectivity index (χ4n) is 3.68. The number of nitrogens with one attached hydrogen (secondary N) is 3. The third-order valence-corrected chi connectivity index (χ3v) is 6.00. The lowest BCUT2D eigenvalue weighted by molar-refractivity contribution is 0.0951. The molecule has 3 N–H and O–H groups in total. The molecule has 31 heavy (non-hydrogen) atoms. The Morgan fingerprint density at radius 1 is 1.00 bits per heavy atom. The standard InChI is InChI=1S/C23H26ClFN4O2/c1-14-8-10-29(11-9-14)21-7-5-16(12-18(21)22(30)26-15-2-3-15)27-23(31)28-17-4-6-20(25)19(24)13-17/h4-7,12-15H,2-3,8-11H2,1H3,(H,26,30)(H2,27,28,31). The van der Waals surface area contributed by atoms with Crippen LogP contribution < -0.4 is 20.9 Å². The van der Waals surface area contributed by atoms with Gasteiger partial charge in [0.15, 0.2) is 0 Å². The highest BCUT2D eigenvalue weighted by molar-refractivity contribution is 6.31. The largest absolute Gasteiger partial charge is 0.371 e. The number of halogens is 2. The van der Waals surface area contributed by atoms with Crippen LogP contribution in [0.2, 0.25) is 5.02 Å². The predicted molar refractivity (Wildman–Crippen MR) is 122 cm³/mol. The summed E-state index contributed by atoms with van der Waals surface area (Å²) in [5.41, 5.74) is 2.32. The summed E-state index contributed by atoms with van der Waals surface area (Å²) >= 11 is 5.76. The first-order chi connectivity index (χ1) is 14.9. The Bertz CT molecular complexity index is 988. The van der Waals surface area contributed by atoms with Crippen LogP contribution in [-0.4, -0.2) is 31.1 Å². The lowest BCUT2D eigenvalue weighted by atomic mass is 9.98. The molecule has 0 spiro atoms. The van der Waals surface area contributed by atoms with Gasteiger partial charge in [-0.25, -0.2) is 9.18 Å². The maximum absolute atomic E-state index is 13.3. The molecule has 1 saturated carbocycles. The van der Waals surface area contributed by atoms with Gasteiger partial charge in [0.2, 0.25) is 0 Å². The molecule has 1 aliphatic heterocycles. The SMILES string of the molecule is CC1CCN(c2ccc(NC(=O)Nc3ccc(F)c(Cl)c3)cc2C(=O)NC2CC2)CC1. The van der Waals surface area contributed by atoms with Crippen molar-refractivity contribution in [2.45, 2.75) is 38.6 Å². The summed E-state index contributed by atoms with van der Waals surface area (Å²) in [6, 6.07) is 9.08. The Balaban J connectivity index is 1.51. The van der Waals surface area contributed by atoms with Gasteiger partial charge in [-0.05, 0) is 68.0 Å². The minimum Gasteiger partial charge on any atom is -0.371 e. The number of rotatable bonds is 5. The number of anilines is 3. The molecule has 2 aromatic rings. The zero-order valence-electron chi connectivity index (χ0n) is 17.4. The normalized spacial score (nSPS) is 16.7. The van der Waals surface area contributed by atoms with E-state index in [1.54, 1.807) is 12.1 Å². The Kier molecular flexibility index (Phi) is 6.32. The zero-order chi connectivity index (χ0) is 22.0. The molecule has 3 amide bonds. The van der Waals surface area contributed by atoms with E-state index in [1.807, 2.05) is 6.07 Å². The maximum atomic E-state index is 13.3. The number of carbonyl (C=O) groups is 2. The van der Waals surface area contributed by atoms with Crippen molar-refractivity contribution >= 4 is 40.6 Å². The van der Waals surface area contributed by atoms with Gasteiger partial charge in [0.05, 0.1) is 10.6 Å². The van der Waals surface area contributed by atoms with E-state index in [2.05, 4.69) is 27.8 Å². The molecule has 164 valence electrons. The predicted octanol–water partition coefficient (Wildman–Crippen LogP) is 5.25. The summed E-state index contributed by atoms with van der Waals surface area (Å²) in [6.07, 6.45) is 4.18.